The molecule has 1 fully saturated rings. The van der Waals surface area contributed by atoms with Crippen molar-refractivity contribution in [2.45, 2.75) is 19.4 Å². The minimum absolute atomic E-state index is 0.00989. The van der Waals surface area contributed by atoms with E-state index in [1.54, 1.807) is 0 Å². The van der Waals surface area contributed by atoms with Crippen molar-refractivity contribution < 1.29 is 9.53 Å². The number of hydrogen-bond acceptors (Lipinski definition) is 2. The van der Waals surface area contributed by atoms with Crippen LogP contribution in [-0.2, 0) is 9.53 Å². The van der Waals surface area contributed by atoms with E-state index in [9.17, 15) is 4.79 Å². The summed E-state index contributed by atoms with van der Waals surface area (Å²) in [5, 5.41) is 0.700. The van der Waals surface area contributed by atoms with Gasteiger partial charge >= 0.3 is 5.97 Å². The first-order valence-corrected chi connectivity index (χ1v) is 5.00. The minimum Gasteiger partial charge on any atom is -0.457 e. The van der Waals surface area contributed by atoms with Crippen LogP contribution in [0.1, 0.15) is 25.0 Å². The molecule has 2 atom stereocenters. The monoisotopic (exact) mass is 210 g/mol. The van der Waals surface area contributed by atoms with Crippen molar-refractivity contribution in [3.8, 4) is 0 Å². The lowest BCUT2D eigenvalue weighted by Gasteiger charge is -2.08. The highest BCUT2D eigenvalue weighted by atomic mass is 35.5. The summed E-state index contributed by atoms with van der Waals surface area (Å²) >= 11 is 5.77. The summed E-state index contributed by atoms with van der Waals surface area (Å²) in [5.74, 6) is -0.0966. The van der Waals surface area contributed by atoms with Crippen LogP contribution >= 0.6 is 11.6 Å². The number of ether oxygens (including phenoxy) is 1. The summed E-state index contributed by atoms with van der Waals surface area (Å²) in [7, 11) is 0. The molecule has 0 aromatic heterocycles. The molecule has 2 rings (SSSR count). The number of esters is 1. The standard InChI is InChI=1S/C11H11ClO2/c1-7-6-10(14-11(7)13)8-2-4-9(12)5-3-8/h2-5,7,10H,6H2,1H3/t7-,10-/m0/s1. The predicted molar refractivity (Wildman–Crippen MR) is 54.1 cm³/mol. The fourth-order valence-electron chi connectivity index (χ4n) is 1.60. The third-order valence-electron chi connectivity index (χ3n) is 2.47. The SMILES string of the molecule is C[C@H]1C[C@@H](c2ccc(Cl)cc2)OC1=O. The van der Waals surface area contributed by atoms with Crippen LogP contribution < -0.4 is 0 Å². The van der Waals surface area contributed by atoms with E-state index in [4.69, 9.17) is 16.3 Å². The predicted octanol–water partition coefficient (Wildman–Crippen LogP) is 2.96. The van der Waals surface area contributed by atoms with Gasteiger partial charge in [0.05, 0.1) is 5.92 Å². The molecule has 0 radical (unpaired) electrons. The van der Waals surface area contributed by atoms with E-state index in [1.807, 2.05) is 31.2 Å². The molecule has 0 bridgehead atoms. The van der Waals surface area contributed by atoms with Crippen LogP contribution in [0.3, 0.4) is 0 Å². The Balaban J connectivity index is 2.17. The fraction of sp³-hybridized carbons (Fsp3) is 0.364. The lowest BCUT2D eigenvalue weighted by molar-refractivity contribution is -0.144. The highest BCUT2D eigenvalue weighted by Gasteiger charge is 2.31. The van der Waals surface area contributed by atoms with E-state index in [1.165, 1.54) is 0 Å². The van der Waals surface area contributed by atoms with Crippen molar-refractivity contribution in [1.29, 1.82) is 0 Å². The summed E-state index contributed by atoms with van der Waals surface area (Å²) in [4.78, 5) is 11.2. The molecule has 0 saturated carbocycles. The normalized spacial score (nSPS) is 26.3. The number of halogens is 1. The first-order chi connectivity index (χ1) is 6.66. The maximum atomic E-state index is 11.2. The molecule has 14 heavy (non-hydrogen) atoms. The fourth-order valence-corrected chi connectivity index (χ4v) is 1.73. The van der Waals surface area contributed by atoms with Gasteiger partial charge in [-0.25, -0.2) is 0 Å². The third-order valence-corrected chi connectivity index (χ3v) is 2.72. The van der Waals surface area contributed by atoms with E-state index in [0.29, 0.717) is 5.02 Å². The number of cyclic esters (lactones) is 1. The van der Waals surface area contributed by atoms with Crippen molar-refractivity contribution in [2.75, 3.05) is 0 Å². The van der Waals surface area contributed by atoms with Crippen LogP contribution in [0, 0.1) is 5.92 Å². The van der Waals surface area contributed by atoms with Crippen LogP contribution in [0.15, 0.2) is 24.3 Å². The van der Waals surface area contributed by atoms with Crippen LogP contribution in [0.4, 0.5) is 0 Å². The third kappa shape index (κ3) is 1.75. The number of benzene rings is 1. The molecule has 0 unspecified atom stereocenters. The quantitative estimate of drug-likeness (QED) is 0.667. The highest BCUT2D eigenvalue weighted by molar-refractivity contribution is 6.30. The number of carbonyl (C=O) groups excluding carboxylic acids is 1. The smallest absolute Gasteiger partial charge is 0.309 e. The van der Waals surface area contributed by atoms with Gasteiger partial charge in [0.1, 0.15) is 6.10 Å². The van der Waals surface area contributed by atoms with Gasteiger partial charge in [0.2, 0.25) is 0 Å². The van der Waals surface area contributed by atoms with Crippen molar-refractivity contribution in [1.82, 2.24) is 0 Å². The maximum Gasteiger partial charge on any atom is 0.309 e. The van der Waals surface area contributed by atoms with Gasteiger partial charge in [0.25, 0.3) is 0 Å². The Morgan fingerprint density at radius 1 is 1.36 bits per heavy atom. The van der Waals surface area contributed by atoms with Crippen molar-refractivity contribution >= 4 is 17.6 Å². The molecule has 74 valence electrons. The summed E-state index contributed by atoms with van der Waals surface area (Å²) in [5.41, 5.74) is 1.02. The molecule has 1 aliphatic rings. The van der Waals surface area contributed by atoms with Crippen molar-refractivity contribution in [3.05, 3.63) is 34.9 Å². The van der Waals surface area contributed by atoms with Gasteiger partial charge in [0, 0.05) is 11.4 Å². The van der Waals surface area contributed by atoms with Crippen molar-refractivity contribution in [3.63, 3.8) is 0 Å². The molecule has 0 spiro atoms. The molecular formula is C11H11ClO2. The molecule has 1 aromatic rings. The second-order valence-electron chi connectivity index (χ2n) is 3.61. The Labute approximate surface area is 87.8 Å². The molecule has 0 aliphatic carbocycles. The van der Waals surface area contributed by atoms with E-state index in [2.05, 4.69) is 0 Å². The first-order valence-electron chi connectivity index (χ1n) is 4.63. The summed E-state index contributed by atoms with van der Waals surface area (Å²) in [6.45, 7) is 1.89. The van der Waals surface area contributed by atoms with Gasteiger partial charge in [-0.1, -0.05) is 30.7 Å². The largest absolute Gasteiger partial charge is 0.457 e. The van der Waals surface area contributed by atoms with Crippen molar-refractivity contribution in [2.24, 2.45) is 5.92 Å². The molecule has 0 amide bonds. The molecule has 1 heterocycles. The van der Waals surface area contributed by atoms with E-state index >= 15 is 0 Å². The van der Waals surface area contributed by atoms with Crippen LogP contribution in [0.25, 0.3) is 0 Å². The lowest BCUT2D eigenvalue weighted by atomic mass is 10.0. The summed E-state index contributed by atoms with van der Waals surface area (Å²) < 4.78 is 5.22. The second kappa shape index (κ2) is 3.62. The Morgan fingerprint density at radius 2 is 2.00 bits per heavy atom. The zero-order valence-corrected chi connectivity index (χ0v) is 8.62. The Bertz CT molecular complexity index is 345. The van der Waals surface area contributed by atoms with Gasteiger partial charge in [-0.15, -0.1) is 0 Å². The summed E-state index contributed by atoms with van der Waals surface area (Å²) in [6, 6.07) is 7.43. The molecule has 1 aliphatic heterocycles. The Hall–Kier alpha value is -1.02. The molecule has 0 N–H and O–H groups in total. The second-order valence-corrected chi connectivity index (χ2v) is 4.05. The zero-order chi connectivity index (χ0) is 10.1. The molecule has 1 saturated heterocycles. The van der Waals surface area contributed by atoms with E-state index < -0.39 is 0 Å². The Morgan fingerprint density at radius 3 is 2.50 bits per heavy atom. The first kappa shape index (κ1) is 9.53. The molecule has 1 aromatic carbocycles. The average molecular weight is 211 g/mol. The van der Waals surface area contributed by atoms with E-state index in [-0.39, 0.29) is 18.0 Å². The number of carbonyl (C=O) groups is 1. The van der Waals surface area contributed by atoms with Crippen LogP contribution in [0.5, 0.6) is 0 Å². The topological polar surface area (TPSA) is 26.3 Å². The number of hydrogen-bond donors (Lipinski definition) is 0. The van der Waals surface area contributed by atoms with Gasteiger partial charge in [-0.05, 0) is 17.7 Å². The zero-order valence-electron chi connectivity index (χ0n) is 7.87. The van der Waals surface area contributed by atoms with Gasteiger partial charge in [-0.3, -0.25) is 4.79 Å². The maximum absolute atomic E-state index is 11.2. The van der Waals surface area contributed by atoms with E-state index in [0.717, 1.165) is 12.0 Å². The summed E-state index contributed by atoms with van der Waals surface area (Å²) in [6.07, 6.45) is 0.676. The Kier molecular flexibility index (Phi) is 2.46. The average Bonchev–Trinajstić information content (AvgIpc) is 2.48. The van der Waals surface area contributed by atoms with Gasteiger partial charge in [0.15, 0.2) is 0 Å². The molecular weight excluding hydrogens is 200 g/mol. The molecule has 2 nitrogen and oxygen atoms in total. The van der Waals surface area contributed by atoms with Crippen LogP contribution in [0.2, 0.25) is 5.02 Å². The van der Waals surface area contributed by atoms with Gasteiger partial charge in [-0.2, -0.15) is 0 Å². The highest BCUT2D eigenvalue weighted by Crippen LogP contribution is 2.33. The lowest BCUT2D eigenvalue weighted by Crippen LogP contribution is -2.01. The molecule has 3 heteroatoms. The number of rotatable bonds is 1. The van der Waals surface area contributed by atoms with Gasteiger partial charge < -0.3 is 4.74 Å². The minimum atomic E-state index is -0.107. The van der Waals surface area contributed by atoms with Crippen LogP contribution in [-0.4, -0.2) is 5.97 Å².